The van der Waals surface area contributed by atoms with E-state index in [9.17, 15) is 9.59 Å². The van der Waals surface area contributed by atoms with Crippen LogP contribution in [0.4, 0.5) is 5.69 Å². The quantitative estimate of drug-likeness (QED) is 0.737. The van der Waals surface area contributed by atoms with E-state index >= 15 is 0 Å². The minimum absolute atomic E-state index is 0.0338. The highest BCUT2D eigenvalue weighted by Crippen LogP contribution is 2.21. The maximum Gasteiger partial charge on any atom is 0.276 e. The molecule has 4 rings (SSSR count). The average Bonchev–Trinajstić information content (AvgIpc) is 3.29. The number of carbonyl (C=O) groups is 2. The normalized spacial score (nSPS) is 13.3. The molecule has 29 heavy (non-hydrogen) atoms. The van der Waals surface area contributed by atoms with Gasteiger partial charge in [-0.15, -0.1) is 0 Å². The second kappa shape index (κ2) is 8.22. The van der Waals surface area contributed by atoms with E-state index in [4.69, 9.17) is 0 Å². The number of anilines is 1. The van der Waals surface area contributed by atoms with Crippen LogP contribution in [0.3, 0.4) is 0 Å². The molecular formula is C23H22N4O2. The fraction of sp³-hybridized carbons (Fsp3) is 0.217. The Morgan fingerprint density at radius 3 is 2.52 bits per heavy atom. The van der Waals surface area contributed by atoms with Gasteiger partial charge >= 0.3 is 0 Å². The number of hydrogen-bond donors (Lipinski definition) is 1. The lowest BCUT2D eigenvalue weighted by atomic mass is 10.1. The summed E-state index contributed by atoms with van der Waals surface area (Å²) < 4.78 is 0. The van der Waals surface area contributed by atoms with Gasteiger partial charge in [0.15, 0.2) is 0 Å². The Morgan fingerprint density at radius 1 is 1.00 bits per heavy atom. The maximum absolute atomic E-state index is 12.7. The van der Waals surface area contributed by atoms with Crippen LogP contribution in [0.2, 0.25) is 0 Å². The molecule has 2 amide bonds. The van der Waals surface area contributed by atoms with Gasteiger partial charge in [0, 0.05) is 29.9 Å². The Hall–Kier alpha value is -3.54. The summed E-state index contributed by atoms with van der Waals surface area (Å²) in [5, 5.41) is 2.84. The molecule has 6 nitrogen and oxygen atoms in total. The predicted molar refractivity (Wildman–Crippen MR) is 112 cm³/mol. The van der Waals surface area contributed by atoms with Crippen molar-refractivity contribution >= 4 is 17.5 Å². The standard InChI is InChI=1S/C23H22N4O2/c1-16-21(22(28)25-19-10-3-2-4-11-19)26-20(15-24-16)17-8-7-9-18(14-17)23(29)27-12-5-6-13-27/h2-4,7-11,14-15H,5-6,12-13H2,1H3,(H,25,28). The Bertz CT molecular complexity index is 1040. The molecule has 0 atom stereocenters. The van der Waals surface area contributed by atoms with Gasteiger partial charge in [-0.2, -0.15) is 0 Å². The van der Waals surface area contributed by atoms with Gasteiger partial charge in [0.25, 0.3) is 11.8 Å². The SMILES string of the molecule is Cc1ncc(-c2cccc(C(=O)N3CCCC3)c2)nc1C(=O)Nc1ccccc1. The first-order valence-electron chi connectivity index (χ1n) is 9.71. The molecule has 0 spiro atoms. The van der Waals surface area contributed by atoms with Gasteiger partial charge in [-0.3, -0.25) is 14.6 Å². The first-order chi connectivity index (χ1) is 14.1. The highest BCUT2D eigenvalue weighted by atomic mass is 16.2. The second-order valence-electron chi connectivity index (χ2n) is 7.09. The molecule has 0 saturated carbocycles. The van der Waals surface area contributed by atoms with Crippen molar-refractivity contribution in [3.05, 3.63) is 77.7 Å². The molecule has 1 aliphatic rings. The lowest BCUT2D eigenvalue weighted by Crippen LogP contribution is -2.27. The van der Waals surface area contributed by atoms with E-state index in [1.807, 2.05) is 59.5 Å². The van der Waals surface area contributed by atoms with Crippen LogP contribution in [0.5, 0.6) is 0 Å². The molecule has 2 aromatic carbocycles. The number of nitrogens with zero attached hydrogens (tertiary/aromatic N) is 3. The van der Waals surface area contributed by atoms with Gasteiger partial charge in [-0.25, -0.2) is 4.98 Å². The molecule has 1 aromatic heterocycles. The molecule has 0 radical (unpaired) electrons. The topological polar surface area (TPSA) is 75.2 Å². The first kappa shape index (κ1) is 18.8. The summed E-state index contributed by atoms with van der Waals surface area (Å²) in [6, 6.07) is 16.6. The molecule has 1 fully saturated rings. The molecule has 6 heteroatoms. The van der Waals surface area contributed by atoms with Crippen molar-refractivity contribution in [2.24, 2.45) is 0 Å². The lowest BCUT2D eigenvalue weighted by Gasteiger charge is -2.15. The number of nitrogens with one attached hydrogen (secondary N) is 1. The van der Waals surface area contributed by atoms with E-state index in [0.29, 0.717) is 22.6 Å². The van der Waals surface area contributed by atoms with Crippen LogP contribution in [0.15, 0.2) is 60.8 Å². The third-order valence-corrected chi connectivity index (χ3v) is 5.00. The zero-order chi connectivity index (χ0) is 20.2. The molecule has 0 unspecified atom stereocenters. The van der Waals surface area contributed by atoms with Crippen LogP contribution in [0, 0.1) is 6.92 Å². The average molecular weight is 386 g/mol. The van der Waals surface area contributed by atoms with Gasteiger partial charge in [0.05, 0.1) is 17.6 Å². The van der Waals surface area contributed by atoms with Crippen molar-refractivity contribution in [1.29, 1.82) is 0 Å². The molecule has 2 heterocycles. The highest BCUT2D eigenvalue weighted by molar-refractivity contribution is 6.03. The molecule has 1 aliphatic heterocycles. The Morgan fingerprint density at radius 2 is 1.76 bits per heavy atom. The van der Waals surface area contributed by atoms with E-state index in [-0.39, 0.29) is 17.5 Å². The van der Waals surface area contributed by atoms with E-state index in [2.05, 4.69) is 15.3 Å². The molecular weight excluding hydrogens is 364 g/mol. The van der Waals surface area contributed by atoms with E-state index in [1.54, 1.807) is 13.1 Å². The fourth-order valence-corrected chi connectivity index (χ4v) is 3.43. The molecule has 146 valence electrons. The van der Waals surface area contributed by atoms with Gasteiger partial charge in [0.2, 0.25) is 0 Å². The van der Waals surface area contributed by atoms with Crippen LogP contribution in [0.1, 0.15) is 39.4 Å². The summed E-state index contributed by atoms with van der Waals surface area (Å²) in [6.45, 7) is 3.36. The zero-order valence-electron chi connectivity index (χ0n) is 16.3. The van der Waals surface area contributed by atoms with E-state index in [0.717, 1.165) is 31.5 Å². The van der Waals surface area contributed by atoms with Crippen molar-refractivity contribution in [2.75, 3.05) is 18.4 Å². The number of benzene rings is 2. The van der Waals surface area contributed by atoms with Gasteiger partial charge in [0.1, 0.15) is 5.69 Å². The van der Waals surface area contributed by atoms with E-state index < -0.39 is 0 Å². The minimum atomic E-state index is -0.313. The van der Waals surface area contributed by atoms with Crippen molar-refractivity contribution in [1.82, 2.24) is 14.9 Å². The molecule has 3 aromatic rings. The van der Waals surface area contributed by atoms with Crippen LogP contribution in [-0.2, 0) is 0 Å². The van der Waals surface area contributed by atoms with E-state index in [1.165, 1.54) is 0 Å². The molecule has 0 bridgehead atoms. The zero-order valence-corrected chi connectivity index (χ0v) is 16.3. The number of carbonyl (C=O) groups excluding carboxylic acids is 2. The number of para-hydroxylation sites is 1. The van der Waals surface area contributed by atoms with Crippen LogP contribution in [0.25, 0.3) is 11.3 Å². The third kappa shape index (κ3) is 4.16. The molecule has 1 saturated heterocycles. The minimum Gasteiger partial charge on any atom is -0.339 e. The summed E-state index contributed by atoms with van der Waals surface area (Å²) in [7, 11) is 0. The number of hydrogen-bond acceptors (Lipinski definition) is 4. The van der Waals surface area contributed by atoms with Crippen LogP contribution >= 0.6 is 0 Å². The van der Waals surface area contributed by atoms with Crippen molar-refractivity contribution in [3.8, 4) is 11.3 Å². The largest absolute Gasteiger partial charge is 0.339 e. The monoisotopic (exact) mass is 386 g/mol. The van der Waals surface area contributed by atoms with Gasteiger partial charge in [-0.1, -0.05) is 30.3 Å². The number of aromatic nitrogens is 2. The van der Waals surface area contributed by atoms with Gasteiger partial charge in [-0.05, 0) is 44.0 Å². The molecule has 1 N–H and O–H groups in total. The highest BCUT2D eigenvalue weighted by Gasteiger charge is 2.20. The van der Waals surface area contributed by atoms with Crippen molar-refractivity contribution < 1.29 is 9.59 Å². The Kier molecular flexibility index (Phi) is 5.33. The summed E-state index contributed by atoms with van der Waals surface area (Å²) in [5.74, 6) is -0.279. The number of likely N-dealkylation sites (tertiary alicyclic amines) is 1. The number of rotatable bonds is 4. The lowest BCUT2D eigenvalue weighted by molar-refractivity contribution is 0.0792. The Balaban J connectivity index is 1.61. The number of amides is 2. The Labute approximate surface area is 169 Å². The smallest absolute Gasteiger partial charge is 0.276 e. The van der Waals surface area contributed by atoms with Crippen LogP contribution < -0.4 is 5.32 Å². The summed E-state index contributed by atoms with van der Waals surface area (Å²) in [6.07, 6.45) is 3.73. The second-order valence-corrected chi connectivity index (χ2v) is 7.09. The predicted octanol–water partition coefficient (Wildman–Crippen LogP) is 3.94. The summed E-state index contributed by atoms with van der Waals surface area (Å²) >= 11 is 0. The number of aryl methyl sites for hydroxylation is 1. The fourth-order valence-electron chi connectivity index (χ4n) is 3.43. The first-order valence-corrected chi connectivity index (χ1v) is 9.71. The van der Waals surface area contributed by atoms with Crippen LogP contribution in [-0.4, -0.2) is 39.8 Å². The molecule has 0 aliphatic carbocycles. The van der Waals surface area contributed by atoms with Crippen molar-refractivity contribution in [3.63, 3.8) is 0 Å². The van der Waals surface area contributed by atoms with Crippen molar-refractivity contribution in [2.45, 2.75) is 19.8 Å². The van der Waals surface area contributed by atoms with Gasteiger partial charge < -0.3 is 10.2 Å². The summed E-state index contributed by atoms with van der Waals surface area (Å²) in [5.41, 5.74) is 3.46. The maximum atomic E-state index is 12.7. The summed E-state index contributed by atoms with van der Waals surface area (Å²) in [4.78, 5) is 36.1. The third-order valence-electron chi connectivity index (χ3n) is 5.00.